The van der Waals surface area contributed by atoms with Crippen LogP contribution in [-0.2, 0) is 11.2 Å². The molecule has 0 atom stereocenters. The predicted octanol–water partition coefficient (Wildman–Crippen LogP) is 4.22. The monoisotopic (exact) mass is 300 g/mol. The summed E-state index contributed by atoms with van der Waals surface area (Å²) >= 11 is 0. The summed E-state index contributed by atoms with van der Waals surface area (Å²) in [6.07, 6.45) is 0.0225. The topological polar surface area (TPSA) is 41.1 Å². The lowest BCUT2D eigenvalue weighted by Crippen LogP contribution is -2.25. The quantitative estimate of drug-likeness (QED) is 0.887. The van der Waals surface area contributed by atoms with Gasteiger partial charge in [-0.1, -0.05) is 18.2 Å². The first-order chi connectivity index (χ1) is 10.3. The Morgan fingerprint density at radius 3 is 2.18 bits per heavy atom. The van der Waals surface area contributed by atoms with Crippen molar-refractivity contribution in [3.05, 3.63) is 59.9 Å². The van der Waals surface area contributed by atoms with Gasteiger partial charge in [0.2, 0.25) is 5.91 Å². The number of carbonyl (C=O) groups excluding carboxylic acids is 1. The molecule has 4 heteroatoms. The molecule has 2 N–H and O–H groups in total. The first kappa shape index (κ1) is 16.0. The van der Waals surface area contributed by atoms with Gasteiger partial charge in [0.25, 0.3) is 0 Å². The molecule has 0 aromatic heterocycles. The molecule has 0 spiro atoms. The van der Waals surface area contributed by atoms with Gasteiger partial charge in [0.15, 0.2) is 0 Å². The molecular weight excluding hydrogens is 279 g/mol. The lowest BCUT2D eigenvalue weighted by atomic mass is 10.1. The third-order valence-corrected chi connectivity index (χ3v) is 3.00. The molecule has 0 heterocycles. The number of anilines is 2. The van der Waals surface area contributed by atoms with Gasteiger partial charge in [0, 0.05) is 16.9 Å². The molecule has 0 aliphatic carbocycles. The number of hydrogen-bond acceptors (Lipinski definition) is 2. The fourth-order valence-corrected chi connectivity index (χ4v) is 2.09. The maximum atomic E-state index is 13.5. The number of amides is 1. The molecule has 116 valence electrons. The Morgan fingerprint density at radius 1 is 1.00 bits per heavy atom. The molecule has 0 bridgehead atoms. The van der Waals surface area contributed by atoms with Crippen LogP contribution < -0.4 is 10.6 Å². The zero-order chi connectivity index (χ0) is 16.2. The van der Waals surface area contributed by atoms with Crippen molar-refractivity contribution in [2.24, 2.45) is 0 Å². The SMILES string of the molecule is CC(C)(C)Nc1ccc(NC(=O)Cc2ccccc2F)cc1. The van der Waals surface area contributed by atoms with Crippen LogP contribution in [0.5, 0.6) is 0 Å². The average molecular weight is 300 g/mol. The number of rotatable bonds is 4. The van der Waals surface area contributed by atoms with E-state index < -0.39 is 0 Å². The first-order valence-corrected chi connectivity index (χ1v) is 7.25. The standard InChI is InChI=1S/C18H21FN2O/c1-18(2,3)21-15-10-8-14(9-11-15)20-17(22)12-13-6-4-5-7-16(13)19/h4-11,21H,12H2,1-3H3,(H,20,22). The van der Waals surface area contributed by atoms with Crippen molar-refractivity contribution >= 4 is 17.3 Å². The van der Waals surface area contributed by atoms with E-state index in [0.717, 1.165) is 5.69 Å². The van der Waals surface area contributed by atoms with Crippen molar-refractivity contribution in [1.29, 1.82) is 0 Å². The Kier molecular flexibility index (Phi) is 4.81. The molecule has 22 heavy (non-hydrogen) atoms. The van der Waals surface area contributed by atoms with Gasteiger partial charge in [0.1, 0.15) is 5.82 Å². The summed E-state index contributed by atoms with van der Waals surface area (Å²) < 4.78 is 13.5. The third-order valence-electron chi connectivity index (χ3n) is 3.00. The molecule has 0 fully saturated rings. The maximum absolute atomic E-state index is 13.5. The van der Waals surface area contributed by atoms with E-state index in [1.54, 1.807) is 18.2 Å². The van der Waals surface area contributed by atoms with E-state index in [2.05, 4.69) is 31.4 Å². The van der Waals surface area contributed by atoms with Gasteiger partial charge in [-0.3, -0.25) is 4.79 Å². The van der Waals surface area contributed by atoms with Crippen molar-refractivity contribution in [2.45, 2.75) is 32.7 Å². The Morgan fingerprint density at radius 2 is 1.59 bits per heavy atom. The first-order valence-electron chi connectivity index (χ1n) is 7.25. The van der Waals surface area contributed by atoms with Crippen molar-refractivity contribution < 1.29 is 9.18 Å². The molecule has 0 saturated carbocycles. The van der Waals surface area contributed by atoms with Gasteiger partial charge in [0.05, 0.1) is 6.42 Å². The predicted molar refractivity (Wildman–Crippen MR) is 88.6 cm³/mol. The van der Waals surface area contributed by atoms with E-state index in [-0.39, 0.29) is 23.7 Å². The summed E-state index contributed by atoms with van der Waals surface area (Å²) in [5.74, 6) is -0.594. The number of halogens is 1. The Labute approximate surface area is 130 Å². The Hall–Kier alpha value is -2.36. The minimum absolute atomic E-state index is 0.0183. The molecule has 2 rings (SSSR count). The Bertz CT molecular complexity index is 645. The van der Waals surface area contributed by atoms with Crippen LogP contribution in [0.4, 0.5) is 15.8 Å². The Balaban J connectivity index is 1.96. The van der Waals surface area contributed by atoms with Crippen molar-refractivity contribution in [3.8, 4) is 0 Å². The van der Waals surface area contributed by atoms with Crippen LogP contribution >= 0.6 is 0 Å². The van der Waals surface area contributed by atoms with Crippen LogP contribution in [0.3, 0.4) is 0 Å². The maximum Gasteiger partial charge on any atom is 0.228 e. The zero-order valence-electron chi connectivity index (χ0n) is 13.1. The highest BCUT2D eigenvalue weighted by atomic mass is 19.1. The van der Waals surface area contributed by atoms with E-state index in [1.807, 2.05) is 24.3 Å². The molecule has 0 aliphatic heterocycles. The summed E-state index contributed by atoms with van der Waals surface area (Å²) in [6.45, 7) is 6.24. The van der Waals surface area contributed by atoms with Crippen LogP contribution in [0.15, 0.2) is 48.5 Å². The molecule has 2 aromatic carbocycles. The fraction of sp³-hybridized carbons (Fsp3) is 0.278. The van der Waals surface area contributed by atoms with Gasteiger partial charge < -0.3 is 10.6 Å². The second-order valence-corrected chi connectivity index (χ2v) is 6.27. The zero-order valence-corrected chi connectivity index (χ0v) is 13.1. The minimum atomic E-state index is -0.359. The van der Waals surface area contributed by atoms with Gasteiger partial charge in [-0.15, -0.1) is 0 Å². The lowest BCUT2D eigenvalue weighted by molar-refractivity contribution is -0.115. The number of benzene rings is 2. The van der Waals surface area contributed by atoms with Crippen LogP contribution in [0.25, 0.3) is 0 Å². The van der Waals surface area contributed by atoms with Crippen molar-refractivity contribution in [1.82, 2.24) is 0 Å². The number of carbonyl (C=O) groups is 1. The second-order valence-electron chi connectivity index (χ2n) is 6.27. The third kappa shape index (κ3) is 4.88. The smallest absolute Gasteiger partial charge is 0.228 e. The summed E-state index contributed by atoms with van der Waals surface area (Å²) in [6, 6.07) is 13.8. The molecule has 3 nitrogen and oxygen atoms in total. The van der Waals surface area contributed by atoms with E-state index in [1.165, 1.54) is 6.07 Å². The summed E-state index contributed by atoms with van der Waals surface area (Å²) in [5.41, 5.74) is 2.06. The molecule has 0 radical (unpaired) electrons. The number of hydrogen-bond donors (Lipinski definition) is 2. The lowest BCUT2D eigenvalue weighted by Gasteiger charge is -2.22. The van der Waals surface area contributed by atoms with Crippen molar-refractivity contribution in [3.63, 3.8) is 0 Å². The summed E-state index contributed by atoms with van der Waals surface area (Å²) in [5, 5.41) is 6.12. The largest absolute Gasteiger partial charge is 0.380 e. The van der Waals surface area contributed by atoms with Crippen LogP contribution in [0, 0.1) is 5.82 Å². The molecule has 2 aromatic rings. The second kappa shape index (κ2) is 6.60. The molecule has 0 unspecified atom stereocenters. The highest BCUT2D eigenvalue weighted by molar-refractivity contribution is 5.92. The minimum Gasteiger partial charge on any atom is -0.380 e. The number of nitrogens with one attached hydrogen (secondary N) is 2. The van der Waals surface area contributed by atoms with E-state index in [9.17, 15) is 9.18 Å². The summed E-state index contributed by atoms with van der Waals surface area (Å²) in [4.78, 5) is 12.0. The van der Waals surface area contributed by atoms with Crippen LogP contribution in [-0.4, -0.2) is 11.4 Å². The van der Waals surface area contributed by atoms with E-state index in [0.29, 0.717) is 11.3 Å². The molecule has 0 aliphatic rings. The molecule has 1 amide bonds. The highest BCUT2D eigenvalue weighted by Crippen LogP contribution is 2.18. The van der Waals surface area contributed by atoms with E-state index >= 15 is 0 Å². The van der Waals surface area contributed by atoms with Gasteiger partial charge >= 0.3 is 0 Å². The van der Waals surface area contributed by atoms with Gasteiger partial charge in [-0.05, 0) is 56.7 Å². The van der Waals surface area contributed by atoms with Crippen molar-refractivity contribution in [2.75, 3.05) is 10.6 Å². The summed E-state index contributed by atoms with van der Waals surface area (Å²) in [7, 11) is 0. The highest BCUT2D eigenvalue weighted by Gasteiger charge is 2.10. The average Bonchev–Trinajstić information content (AvgIpc) is 2.42. The van der Waals surface area contributed by atoms with Crippen LogP contribution in [0.1, 0.15) is 26.3 Å². The van der Waals surface area contributed by atoms with Gasteiger partial charge in [-0.25, -0.2) is 4.39 Å². The fourth-order valence-electron chi connectivity index (χ4n) is 2.09. The van der Waals surface area contributed by atoms with Crippen LogP contribution in [0.2, 0.25) is 0 Å². The molecule has 0 saturated heterocycles. The molecular formula is C18H21FN2O. The van der Waals surface area contributed by atoms with E-state index in [4.69, 9.17) is 0 Å². The normalized spacial score (nSPS) is 11.1. The van der Waals surface area contributed by atoms with Gasteiger partial charge in [-0.2, -0.15) is 0 Å².